The predicted octanol–water partition coefficient (Wildman–Crippen LogP) is 2.32. The average molecular weight is 439 g/mol. The molecule has 2 aliphatic heterocycles. The number of carbonyl (C=O) groups excluding carboxylic acids is 2. The number of carbonyl (C=O) groups is 2. The molecule has 0 radical (unpaired) electrons. The summed E-state index contributed by atoms with van der Waals surface area (Å²) in [5.74, 6) is -0.164. The summed E-state index contributed by atoms with van der Waals surface area (Å²) < 4.78 is 5.77. The van der Waals surface area contributed by atoms with Gasteiger partial charge in [-0.15, -0.1) is 0 Å². The number of likely N-dealkylation sites (N-methyl/N-ethyl adjacent to an activating group) is 1. The van der Waals surface area contributed by atoms with Crippen molar-refractivity contribution >= 4 is 17.6 Å². The summed E-state index contributed by atoms with van der Waals surface area (Å²) in [6.45, 7) is 2.53. The molecule has 2 bridgehead atoms. The Balaban J connectivity index is 1.26. The molecule has 8 nitrogen and oxygen atoms in total. The Morgan fingerprint density at radius 2 is 2.00 bits per heavy atom. The normalized spacial score (nSPS) is 22.2. The van der Waals surface area contributed by atoms with E-state index in [-0.39, 0.29) is 30.6 Å². The summed E-state index contributed by atoms with van der Waals surface area (Å²) in [6, 6.07) is 15.2. The number of amides is 3. The number of hydrogen-bond acceptors (Lipinski definition) is 5. The van der Waals surface area contributed by atoms with E-state index in [9.17, 15) is 14.7 Å². The zero-order valence-electron chi connectivity index (χ0n) is 18.4. The van der Waals surface area contributed by atoms with Crippen LogP contribution in [0, 0.1) is 0 Å². The van der Waals surface area contributed by atoms with Gasteiger partial charge >= 0.3 is 6.03 Å². The third-order valence-electron chi connectivity index (χ3n) is 6.31. The van der Waals surface area contributed by atoms with E-state index in [4.69, 9.17) is 4.74 Å². The second-order valence-corrected chi connectivity index (χ2v) is 8.42. The van der Waals surface area contributed by atoms with Crippen LogP contribution in [0.3, 0.4) is 0 Å². The van der Waals surface area contributed by atoms with Crippen molar-refractivity contribution in [3.63, 3.8) is 0 Å². The number of nitrogens with one attached hydrogen (secondary N) is 3. The number of urea groups is 1. The van der Waals surface area contributed by atoms with Crippen LogP contribution >= 0.6 is 0 Å². The van der Waals surface area contributed by atoms with Gasteiger partial charge < -0.3 is 30.7 Å². The summed E-state index contributed by atoms with van der Waals surface area (Å²) >= 11 is 0. The smallest absolute Gasteiger partial charge is 0.315 e. The van der Waals surface area contributed by atoms with E-state index in [1.165, 1.54) is 0 Å². The number of fused-ring (bicyclic) bond motifs is 4. The van der Waals surface area contributed by atoms with Crippen molar-refractivity contribution < 1.29 is 19.4 Å². The van der Waals surface area contributed by atoms with Gasteiger partial charge in [0.05, 0.1) is 37.4 Å². The van der Waals surface area contributed by atoms with Gasteiger partial charge in [0, 0.05) is 31.3 Å². The van der Waals surface area contributed by atoms with Gasteiger partial charge in [-0.05, 0) is 30.2 Å². The monoisotopic (exact) mass is 438 g/mol. The van der Waals surface area contributed by atoms with Crippen molar-refractivity contribution in [2.45, 2.75) is 44.2 Å². The second-order valence-electron chi connectivity index (χ2n) is 8.42. The number of hydrogen-bond donors (Lipinski definition) is 4. The lowest BCUT2D eigenvalue weighted by atomic mass is 9.89. The van der Waals surface area contributed by atoms with E-state index in [0.29, 0.717) is 13.2 Å². The zero-order valence-corrected chi connectivity index (χ0v) is 18.4. The number of aliphatic hydroxyl groups is 1. The fourth-order valence-electron chi connectivity index (χ4n) is 4.17. The summed E-state index contributed by atoms with van der Waals surface area (Å²) in [4.78, 5) is 26.3. The first-order chi connectivity index (χ1) is 15.4. The fourth-order valence-corrected chi connectivity index (χ4v) is 4.17. The van der Waals surface area contributed by atoms with Crippen molar-refractivity contribution in [3.8, 4) is 0 Å². The maximum absolute atomic E-state index is 12.5. The molecule has 2 aliphatic rings. The Morgan fingerprint density at radius 1 is 1.22 bits per heavy atom. The van der Waals surface area contributed by atoms with Crippen LogP contribution in [0.4, 0.5) is 10.5 Å². The highest BCUT2D eigenvalue weighted by atomic mass is 16.5. The topological polar surface area (TPSA) is 103 Å². The van der Waals surface area contributed by atoms with Crippen molar-refractivity contribution in [3.05, 3.63) is 65.2 Å². The van der Waals surface area contributed by atoms with Crippen LogP contribution in [0.25, 0.3) is 0 Å². The molecule has 2 aromatic rings. The first-order valence-corrected chi connectivity index (χ1v) is 10.9. The Kier molecular flexibility index (Phi) is 6.62. The van der Waals surface area contributed by atoms with Crippen LogP contribution in [-0.2, 0) is 16.1 Å². The number of ether oxygens (including phenoxy) is 1. The first-order valence-electron chi connectivity index (χ1n) is 10.9. The summed E-state index contributed by atoms with van der Waals surface area (Å²) in [5, 5.41) is 18.8. The standard InChI is InChI=1S/C24H30N4O4/c1-15(17-6-4-3-5-7-17)28(2)23(30)13-26-24(31)25-12-16-8-9-19-18(10-16)22-11-20(27-19)21(29)14-32-22/h3-10,15,20-22,27,29H,11-14H2,1-2H3,(H2,25,26,31)/t15-,20-,21-,22-/m1/s1. The van der Waals surface area contributed by atoms with Crippen LogP contribution in [0.1, 0.15) is 42.2 Å². The van der Waals surface area contributed by atoms with E-state index in [1.807, 2.05) is 55.5 Å². The van der Waals surface area contributed by atoms with Gasteiger partial charge in [-0.25, -0.2) is 4.79 Å². The van der Waals surface area contributed by atoms with Crippen LogP contribution in [0.2, 0.25) is 0 Å². The molecular weight excluding hydrogens is 408 g/mol. The van der Waals surface area contributed by atoms with Crippen molar-refractivity contribution in [1.29, 1.82) is 0 Å². The minimum Gasteiger partial charge on any atom is -0.389 e. The van der Waals surface area contributed by atoms with E-state index in [1.54, 1.807) is 11.9 Å². The van der Waals surface area contributed by atoms with Gasteiger partial charge in [-0.2, -0.15) is 0 Å². The lowest BCUT2D eigenvalue weighted by Crippen LogP contribution is -2.46. The quantitative estimate of drug-likeness (QED) is 0.554. The molecule has 0 spiro atoms. The van der Waals surface area contributed by atoms with Gasteiger partial charge in [0.25, 0.3) is 0 Å². The molecule has 0 saturated carbocycles. The van der Waals surface area contributed by atoms with E-state index < -0.39 is 12.1 Å². The number of benzene rings is 2. The molecule has 1 fully saturated rings. The Morgan fingerprint density at radius 3 is 2.78 bits per heavy atom. The minimum atomic E-state index is -0.498. The molecule has 8 heteroatoms. The van der Waals surface area contributed by atoms with Crippen LogP contribution in [-0.4, -0.2) is 54.3 Å². The lowest BCUT2D eigenvalue weighted by Gasteiger charge is -2.40. The van der Waals surface area contributed by atoms with Gasteiger partial charge in [-0.3, -0.25) is 4.79 Å². The van der Waals surface area contributed by atoms with E-state index in [2.05, 4.69) is 16.0 Å². The fraction of sp³-hybridized carbons (Fsp3) is 0.417. The lowest BCUT2D eigenvalue weighted by molar-refractivity contribution is -0.130. The molecule has 0 unspecified atom stereocenters. The van der Waals surface area contributed by atoms with Crippen molar-refractivity contribution in [1.82, 2.24) is 15.5 Å². The van der Waals surface area contributed by atoms with Crippen LogP contribution in [0.15, 0.2) is 48.5 Å². The highest BCUT2D eigenvalue weighted by Gasteiger charge is 2.36. The molecule has 4 N–H and O–H groups in total. The molecule has 0 aliphatic carbocycles. The van der Waals surface area contributed by atoms with E-state index >= 15 is 0 Å². The zero-order chi connectivity index (χ0) is 22.7. The molecule has 0 aromatic heterocycles. The third kappa shape index (κ3) is 4.87. The average Bonchev–Trinajstić information content (AvgIpc) is 2.83. The van der Waals surface area contributed by atoms with Gasteiger partial charge in [-0.1, -0.05) is 36.4 Å². The molecule has 32 heavy (non-hydrogen) atoms. The summed E-state index contributed by atoms with van der Waals surface area (Å²) in [5.41, 5.74) is 3.98. The summed E-state index contributed by atoms with van der Waals surface area (Å²) in [7, 11) is 1.73. The molecule has 1 saturated heterocycles. The number of anilines is 1. The molecule has 4 rings (SSSR count). The molecule has 2 aromatic carbocycles. The van der Waals surface area contributed by atoms with Crippen LogP contribution < -0.4 is 16.0 Å². The van der Waals surface area contributed by atoms with E-state index in [0.717, 1.165) is 28.8 Å². The highest BCUT2D eigenvalue weighted by molar-refractivity contribution is 5.84. The third-order valence-corrected chi connectivity index (χ3v) is 6.31. The minimum absolute atomic E-state index is 0.0104. The molecule has 3 amide bonds. The number of aliphatic hydroxyl groups excluding tert-OH is 1. The van der Waals surface area contributed by atoms with Crippen LogP contribution in [0.5, 0.6) is 0 Å². The molecule has 4 atom stereocenters. The maximum atomic E-state index is 12.5. The van der Waals surface area contributed by atoms with Crippen molar-refractivity contribution in [2.75, 3.05) is 25.5 Å². The SMILES string of the molecule is C[C@H](c1ccccc1)N(C)C(=O)CNC(=O)NCc1ccc2c(c1)[C@H]1C[C@@H](N2)[C@H](O)CO1. The van der Waals surface area contributed by atoms with Gasteiger partial charge in [0.15, 0.2) is 0 Å². The largest absolute Gasteiger partial charge is 0.389 e. The number of nitrogens with zero attached hydrogens (tertiary/aromatic N) is 1. The molecule has 2 heterocycles. The Hall–Kier alpha value is -3.10. The Bertz CT molecular complexity index is 968. The summed E-state index contributed by atoms with van der Waals surface area (Å²) in [6.07, 6.45) is 0.179. The molecule has 170 valence electrons. The van der Waals surface area contributed by atoms with Gasteiger partial charge in [0.2, 0.25) is 5.91 Å². The predicted molar refractivity (Wildman–Crippen MR) is 121 cm³/mol. The number of rotatable bonds is 6. The first kappa shape index (κ1) is 22.1. The van der Waals surface area contributed by atoms with Gasteiger partial charge in [0.1, 0.15) is 0 Å². The van der Waals surface area contributed by atoms with Crippen molar-refractivity contribution in [2.24, 2.45) is 0 Å². The maximum Gasteiger partial charge on any atom is 0.315 e. The molecular formula is C24H30N4O4. The highest BCUT2D eigenvalue weighted by Crippen LogP contribution is 2.39. The Labute approximate surface area is 187 Å². The second kappa shape index (κ2) is 9.58.